The van der Waals surface area contributed by atoms with Crippen LogP contribution in [0.15, 0.2) is 29.6 Å². The SMILES string of the molecule is CCCCC1=C(CCCC)c2ccccc2[P]1. The van der Waals surface area contributed by atoms with Gasteiger partial charge in [-0.1, -0.05) is 51.0 Å². The summed E-state index contributed by atoms with van der Waals surface area (Å²) < 4.78 is 0. The van der Waals surface area contributed by atoms with Crippen LogP contribution in [0.3, 0.4) is 0 Å². The van der Waals surface area contributed by atoms with E-state index >= 15 is 0 Å². The van der Waals surface area contributed by atoms with Crippen molar-refractivity contribution in [1.82, 2.24) is 0 Å². The fourth-order valence-electron chi connectivity index (χ4n) is 2.38. The molecule has 1 aromatic rings. The van der Waals surface area contributed by atoms with Crippen molar-refractivity contribution in [2.24, 2.45) is 0 Å². The molecule has 0 saturated heterocycles. The van der Waals surface area contributed by atoms with Gasteiger partial charge in [0.2, 0.25) is 0 Å². The minimum absolute atomic E-state index is 1.28. The first kappa shape index (κ1) is 12.8. The molecule has 0 nitrogen and oxygen atoms in total. The van der Waals surface area contributed by atoms with Gasteiger partial charge in [-0.2, -0.15) is 0 Å². The van der Waals surface area contributed by atoms with Crippen LogP contribution < -0.4 is 5.30 Å². The first-order chi connectivity index (χ1) is 8.36. The molecule has 0 aromatic heterocycles. The van der Waals surface area contributed by atoms with Gasteiger partial charge in [0.15, 0.2) is 0 Å². The highest BCUT2D eigenvalue weighted by Crippen LogP contribution is 2.44. The maximum atomic E-state index is 2.31. The van der Waals surface area contributed by atoms with Crippen LogP contribution in [0.4, 0.5) is 0 Å². The van der Waals surface area contributed by atoms with E-state index in [2.05, 4.69) is 38.1 Å². The molecule has 2 rings (SSSR count). The summed E-state index contributed by atoms with van der Waals surface area (Å²) in [5.41, 5.74) is 3.20. The second-order valence-electron chi connectivity index (χ2n) is 4.76. The predicted molar refractivity (Wildman–Crippen MR) is 79.0 cm³/mol. The highest BCUT2D eigenvalue weighted by Gasteiger charge is 2.20. The summed E-state index contributed by atoms with van der Waals surface area (Å²) in [7, 11) is 1.48. The maximum absolute atomic E-state index is 2.31. The highest BCUT2D eigenvalue weighted by atomic mass is 31.1. The number of hydrogen-bond donors (Lipinski definition) is 0. The molecule has 0 amide bonds. The molecule has 1 aliphatic heterocycles. The second kappa shape index (κ2) is 6.36. The Morgan fingerprint density at radius 2 is 1.65 bits per heavy atom. The molecular weight excluding hydrogens is 223 g/mol. The monoisotopic (exact) mass is 245 g/mol. The zero-order valence-electron chi connectivity index (χ0n) is 11.0. The summed E-state index contributed by atoms with van der Waals surface area (Å²) in [5, 5.41) is 3.23. The van der Waals surface area contributed by atoms with Gasteiger partial charge in [-0.15, -0.1) is 0 Å². The van der Waals surface area contributed by atoms with Crippen molar-refractivity contribution in [3.05, 3.63) is 35.1 Å². The molecule has 0 saturated carbocycles. The summed E-state index contributed by atoms with van der Waals surface area (Å²) in [5.74, 6) is 0. The van der Waals surface area contributed by atoms with E-state index in [1.165, 1.54) is 58.0 Å². The number of benzene rings is 1. The van der Waals surface area contributed by atoms with E-state index < -0.39 is 0 Å². The van der Waals surface area contributed by atoms with Gasteiger partial charge in [0.1, 0.15) is 0 Å². The van der Waals surface area contributed by atoms with Crippen molar-refractivity contribution in [2.45, 2.75) is 52.4 Å². The zero-order valence-corrected chi connectivity index (χ0v) is 11.9. The minimum Gasteiger partial charge on any atom is -0.0654 e. The Morgan fingerprint density at radius 1 is 0.941 bits per heavy atom. The molecule has 0 atom stereocenters. The van der Waals surface area contributed by atoms with Gasteiger partial charge in [-0.05, 0) is 56.0 Å². The van der Waals surface area contributed by atoms with Gasteiger partial charge in [0.05, 0.1) is 0 Å². The third-order valence-corrected chi connectivity index (χ3v) is 4.77. The van der Waals surface area contributed by atoms with Crippen molar-refractivity contribution < 1.29 is 0 Å². The van der Waals surface area contributed by atoms with Crippen LogP contribution in [0.2, 0.25) is 0 Å². The van der Waals surface area contributed by atoms with E-state index in [1.54, 1.807) is 10.9 Å². The van der Waals surface area contributed by atoms with E-state index in [0.717, 1.165) is 0 Å². The number of rotatable bonds is 6. The Morgan fingerprint density at radius 3 is 2.41 bits per heavy atom. The molecule has 91 valence electrons. The molecule has 0 N–H and O–H groups in total. The lowest BCUT2D eigenvalue weighted by atomic mass is 9.98. The molecule has 1 aromatic carbocycles. The molecule has 0 bridgehead atoms. The van der Waals surface area contributed by atoms with Gasteiger partial charge in [0, 0.05) is 0 Å². The molecule has 1 heteroatoms. The Bertz CT molecular complexity index is 404. The molecule has 1 heterocycles. The van der Waals surface area contributed by atoms with E-state index in [4.69, 9.17) is 0 Å². The van der Waals surface area contributed by atoms with Crippen molar-refractivity contribution in [3.63, 3.8) is 0 Å². The fraction of sp³-hybridized carbons (Fsp3) is 0.500. The molecule has 0 fully saturated rings. The zero-order chi connectivity index (χ0) is 12.1. The highest BCUT2D eigenvalue weighted by molar-refractivity contribution is 7.53. The van der Waals surface area contributed by atoms with Crippen molar-refractivity contribution in [1.29, 1.82) is 0 Å². The van der Waals surface area contributed by atoms with Crippen LogP contribution in [0.25, 0.3) is 5.57 Å². The smallest absolute Gasteiger partial charge is 0.00741 e. The summed E-state index contributed by atoms with van der Waals surface area (Å²) in [6.07, 6.45) is 7.84. The molecule has 0 unspecified atom stereocenters. The van der Waals surface area contributed by atoms with E-state index in [-0.39, 0.29) is 0 Å². The summed E-state index contributed by atoms with van der Waals surface area (Å²) >= 11 is 0. The van der Waals surface area contributed by atoms with Gasteiger partial charge in [-0.25, -0.2) is 0 Å². The van der Waals surface area contributed by atoms with E-state index in [1.807, 2.05) is 0 Å². The summed E-state index contributed by atoms with van der Waals surface area (Å²) in [6, 6.07) is 8.96. The summed E-state index contributed by atoms with van der Waals surface area (Å²) in [6.45, 7) is 4.57. The molecule has 17 heavy (non-hydrogen) atoms. The first-order valence-corrected chi connectivity index (χ1v) is 7.79. The van der Waals surface area contributed by atoms with Crippen molar-refractivity contribution >= 4 is 19.5 Å². The van der Waals surface area contributed by atoms with Gasteiger partial charge in [0.25, 0.3) is 0 Å². The van der Waals surface area contributed by atoms with E-state index in [0.29, 0.717) is 0 Å². The first-order valence-electron chi connectivity index (χ1n) is 6.90. The van der Waals surface area contributed by atoms with Crippen LogP contribution >= 0.6 is 8.58 Å². The number of fused-ring (bicyclic) bond motifs is 1. The van der Waals surface area contributed by atoms with Gasteiger partial charge >= 0.3 is 0 Å². The lowest BCUT2D eigenvalue weighted by Crippen LogP contribution is -1.96. The Hall–Kier alpha value is -0.610. The number of unbranched alkanes of at least 4 members (excludes halogenated alkanes) is 2. The van der Waals surface area contributed by atoms with E-state index in [9.17, 15) is 0 Å². The second-order valence-corrected chi connectivity index (χ2v) is 6.01. The Labute approximate surface area is 107 Å². The predicted octanol–water partition coefficient (Wildman–Crippen LogP) is 5.36. The van der Waals surface area contributed by atoms with Crippen molar-refractivity contribution in [3.8, 4) is 0 Å². The molecule has 0 aliphatic carbocycles. The Kier molecular flexibility index (Phi) is 4.80. The largest absolute Gasteiger partial charge is 0.0654 e. The summed E-state index contributed by atoms with van der Waals surface area (Å²) in [4.78, 5) is 0. The maximum Gasteiger partial charge on any atom is -0.00741 e. The third kappa shape index (κ3) is 2.99. The molecule has 0 spiro atoms. The molecular formula is C16H22P. The average Bonchev–Trinajstić information content (AvgIpc) is 2.71. The fourth-order valence-corrected chi connectivity index (χ4v) is 3.80. The topological polar surface area (TPSA) is 0 Å². The number of hydrogen-bond acceptors (Lipinski definition) is 0. The van der Waals surface area contributed by atoms with Crippen LogP contribution in [0, 0.1) is 0 Å². The van der Waals surface area contributed by atoms with Crippen molar-refractivity contribution in [2.75, 3.05) is 0 Å². The standard InChI is InChI=1S/C16H22P/c1-3-5-9-13-14-10-7-8-12-16(14)17-15(13)11-6-4-2/h7-8,10,12H,3-6,9,11H2,1-2H3. The Balaban J connectivity index is 2.20. The van der Waals surface area contributed by atoms with Gasteiger partial charge < -0.3 is 0 Å². The lowest BCUT2D eigenvalue weighted by Gasteiger charge is -2.07. The quantitative estimate of drug-likeness (QED) is 0.591. The van der Waals surface area contributed by atoms with Crippen LogP contribution in [-0.4, -0.2) is 0 Å². The van der Waals surface area contributed by atoms with Crippen LogP contribution in [0.5, 0.6) is 0 Å². The third-order valence-electron chi connectivity index (χ3n) is 3.38. The lowest BCUT2D eigenvalue weighted by molar-refractivity contribution is 0.796. The minimum atomic E-state index is 1.28. The van der Waals surface area contributed by atoms with Gasteiger partial charge in [-0.3, -0.25) is 0 Å². The normalized spacial score (nSPS) is 15.6. The molecule has 1 radical (unpaired) electrons. The number of allylic oxidation sites excluding steroid dienone is 2. The van der Waals surface area contributed by atoms with Crippen LogP contribution in [-0.2, 0) is 0 Å². The molecule has 1 aliphatic rings. The average molecular weight is 245 g/mol. The van der Waals surface area contributed by atoms with Crippen LogP contribution in [0.1, 0.15) is 57.9 Å².